The molecule has 0 radical (unpaired) electrons. The second-order valence-corrected chi connectivity index (χ2v) is 6.90. The second-order valence-electron chi connectivity index (χ2n) is 6.90. The van der Waals surface area contributed by atoms with Crippen LogP contribution in [0.5, 0.6) is 0 Å². The van der Waals surface area contributed by atoms with Gasteiger partial charge in [0.25, 0.3) is 11.8 Å². The van der Waals surface area contributed by atoms with E-state index in [9.17, 15) is 14.4 Å². The molecule has 0 saturated heterocycles. The Balaban J connectivity index is 1.90. The van der Waals surface area contributed by atoms with Gasteiger partial charge in [0.1, 0.15) is 11.8 Å². The van der Waals surface area contributed by atoms with E-state index in [1.54, 1.807) is 6.92 Å². The van der Waals surface area contributed by atoms with Crippen LogP contribution in [0.25, 0.3) is 0 Å². The van der Waals surface area contributed by atoms with Gasteiger partial charge in [-0.15, -0.1) is 0 Å². The Morgan fingerprint density at radius 1 is 1.12 bits per heavy atom. The van der Waals surface area contributed by atoms with Gasteiger partial charge in [-0.2, -0.15) is 0 Å². The van der Waals surface area contributed by atoms with Gasteiger partial charge in [0.2, 0.25) is 5.91 Å². The molecule has 1 aliphatic carbocycles. The molecule has 0 bridgehead atoms. The average molecular weight is 349 g/mol. The molecular formula is C18H27N3O4. The molecule has 3 amide bonds. The third-order valence-electron chi connectivity index (χ3n) is 4.63. The Labute approximate surface area is 147 Å². The number of hydrazine groups is 1. The van der Waals surface area contributed by atoms with Crippen LogP contribution >= 0.6 is 0 Å². The normalized spacial score (nSPS) is 16.3. The molecule has 1 saturated carbocycles. The molecule has 7 heteroatoms. The van der Waals surface area contributed by atoms with Crippen molar-refractivity contribution >= 4 is 17.7 Å². The molecule has 1 aromatic rings. The Morgan fingerprint density at radius 2 is 1.80 bits per heavy atom. The minimum atomic E-state index is -0.694. The third-order valence-corrected chi connectivity index (χ3v) is 4.63. The van der Waals surface area contributed by atoms with Crippen LogP contribution in [0.1, 0.15) is 62.1 Å². The Hall–Kier alpha value is -2.31. The van der Waals surface area contributed by atoms with Gasteiger partial charge in [0.05, 0.1) is 11.8 Å². The minimum absolute atomic E-state index is 0.0222. The zero-order chi connectivity index (χ0) is 18.4. The van der Waals surface area contributed by atoms with E-state index in [-0.39, 0.29) is 17.7 Å². The van der Waals surface area contributed by atoms with Crippen molar-refractivity contribution in [3.63, 3.8) is 0 Å². The number of furan rings is 1. The number of amides is 3. The molecule has 2 rings (SSSR count). The van der Waals surface area contributed by atoms with Crippen molar-refractivity contribution in [2.24, 2.45) is 11.8 Å². The number of nitrogens with one attached hydrogen (secondary N) is 3. The lowest BCUT2D eigenvalue weighted by Crippen LogP contribution is -2.55. The van der Waals surface area contributed by atoms with Crippen LogP contribution in [-0.4, -0.2) is 23.8 Å². The SMILES string of the molecule is Cc1occc1C(=O)NNC(=O)[C@@H](NC(=O)C1CCCCC1)C(C)C. The van der Waals surface area contributed by atoms with Gasteiger partial charge in [0.15, 0.2) is 0 Å². The highest BCUT2D eigenvalue weighted by atomic mass is 16.3. The molecule has 0 unspecified atom stereocenters. The van der Waals surface area contributed by atoms with Crippen molar-refractivity contribution in [1.82, 2.24) is 16.2 Å². The van der Waals surface area contributed by atoms with Crippen LogP contribution in [0.2, 0.25) is 0 Å². The molecule has 3 N–H and O–H groups in total. The van der Waals surface area contributed by atoms with E-state index < -0.39 is 17.9 Å². The van der Waals surface area contributed by atoms with Gasteiger partial charge in [0, 0.05) is 5.92 Å². The predicted molar refractivity (Wildman–Crippen MR) is 92.4 cm³/mol. The fourth-order valence-corrected chi connectivity index (χ4v) is 3.05. The average Bonchev–Trinajstić information content (AvgIpc) is 3.03. The van der Waals surface area contributed by atoms with E-state index >= 15 is 0 Å². The number of carbonyl (C=O) groups excluding carboxylic acids is 3. The number of hydrogen-bond acceptors (Lipinski definition) is 4. The predicted octanol–water partition coefficient (Wildman–Crippen LogP) is 2.07. The van der Waals surface area contributed by atoms with E-state index in [0.29, 0.717) is 11.3 Å². The van der Waals surface area contributed by atoms with Crippen molar-refractivity contribution in [1.29, 1.82) is 0 Å². The van der Waals surface area contributed by atoms with Gasteiger partial charge in [-0.3, -0.25) is 25.2 Å². The van der Waals surface area contributed by atoms with E-state index in [4.69, 9.17) is 4.42 Å². The van der Waals surface area contributed by atoms with Gasteiger partial charge in [-0.05, 0) is 31.7 Å². The summed E-state index contributed by atoms with van der Waals surface area (Å²) < 4.78 is 5.07. The molecular weight excluding hydrogens is 322 g/mol. The first-order valence-corrected chi connectivity index (χ1v) is 8.84. The Kier molecular flexibility index (Phi) is 6.61. The summed E-state index contributed by atoms with van der Waals surface area (Å²) in [6, 6.07) is 0.835. The van der Waals surface area contributed by atoms with Crippen LogP contribution < -0.4 is 16.2 Å². The van der Waals surface area contributed by atoms with E-state index in [1.165, 1.54) is 12.3 Å². The minimum Gasteiger partial charge on any atom is -0.469 e. The lowest BCUT2D eigenvalue weighted by atomic mass is 9.88. The summed E-state index contributed by atoms with van der Waals surface area (Å²) in [5.74, 6) is -0.622. The van der Waals surface area contributed by atoms with E-state index in [1.807, 2.05) is 13.8 Å². The maximum Gasteiger partial charge on any atom is 0.273 e. The highest BCUT2D eigenvalue weighted by Gasteiger charge is 2.29. The Bertz CT molecular complexity index is 618. The molecule has 1 atom stereocenters. The number of hydrogen-bond donors (Lipinski definition) is 3. The van der Waals surface area contributed by atoms with Gasteiger partial charge >= 0.3 is 0 Å². The quantitative estimate of drug-likeness (QED) is 0.708. The first kappa shape index (κ1) is 19.0. The molecule has 1 fully saturated rings. The Morgan fingerprint density at radius 3 is 2.36 bits per heavy atom. The lowest BCUT2D eigenvalue weighted by Gasteiger charge is -2.26. The van der Waals surface area contributed by atoms with Crippen LogP contribution in [0, 0.1) is 18.8 Å². The smallest absolute Gasteiger partial charge is 0.273 e. The number of aryl methyl sites for hydroxylation is 1. The molecule has 0 aliphatic heterocycles. The fraction of sp³-hybridized carbons (Fsp3) is 0.611. The molecule has 0 spiro atoms. The second kappa shape index (κ2) is 8.69. The third kappa shape index (κ3) is 5.08. The van der Waals surface area contributed by atoms with Gasteiger partial charge < -0.3 is 9.73 Å². The molecule has 138 valence electrons. The van der Waals surface area contributed by atoms with Crippen LogP contribution in [0.4, 0.5) is 0 Å². The number of carbonyl (C=O) groups is 3. The summed E-state index contributed by atoms with van der Waals surface area (Å²) in [6.07, 6.45) is 6.42. The van der Waals surface area contributed by atoms with Crippen molar-refractivity contribution in [2.75, 3.05) is 0 Å². The highest BCUT2D eigenvalue weighted by molar-refractivity contribution is 5.97. The number of rotatable bonds is 5. The van der Waals surface area contributed by atoms with Gasteiger partial charge in [-0.1, -0.05) is 33.1 Å². The largest absolute Gasteiger partial charge is 0.469 e. The van der Waals surface area contributed by atoms with Crippen LogP contribution in [0.15, 0.2) is 16.7 Å². The van der Waals surface area contributed by atoms with E-state index in [0.717, 1.165) is 32.1 Å². The highest BCUT2D eigenvalue weighted by Crippen LogP contribution is 2.24. The van der Waals surface area contributed by atoms with Crippen LogP contribution in [0.3, 0.4) is 0 Å². The van der Waals surface area contributed by atoms with Gasteiger partial charge in [-0.25, -0.2) is 0 Å². The summed E-state index contributed by atoms with van der Waals surface area (Å²) in [5, 5.41) is 2.84. The summed E-state index contributed by atoms with van der Waals surface area (Å²) in [4.78, 5) is 36.8. The molecule has 1 aliphatic rings. The molecule has 1 aromatic heterocycles. The molecule has 0 aromatic carbocycles. The lowest BCUT2D eigenvalue weighted by molar-refractivity contribution is -0.133. The van der Waals surface area contributed by atoms with Crippen LogP contribution in [-0.2, 0) is 9.59 Å². The van der Waals surface area contributed by atoms with Crippen molar-refractivity contribution in [2.45, 2.75) is 58.9 Å². The summed E-state index contributed by atoms with van der Waals surface area (Å²) in [6.45, 7) is 5.37. The molecule has 1 heterocycles. The molecule has 7 nitrogen and oxygen atoms in total. The van der Waals surface area contributed by atoms with Crippen molar-refractivity contribution in [3.8, 4) is 0 Å². The fourth-order valence-electron chi connectivity index (χ4n) is 3.05. The summed E-state index contributed by atoms with van der Waals surface area (Å²) >= 11 is 0. The van der Waals surface area contributed by atoms with E-state index in [2.05, 4.69) is 16.2 Å². The molecule has 25 heavy (non-hydrogen) atoms. The topological polar surface area (TPSA) is 100 Å². The van der Waals surface area contributed by atoms with Crippen molar-refractivity contribution in [3.05, 3.63) is 23.7 Å². The first-order valence-electron chi connectivity index (χ1n) is 8.84. The zero-order valence-electron chi connectivity index (χ0n) is 15.1. The monoisotopic (exact) mass is 349 g/mol. The standard InChI is InChI=1S/C18H27N3O4/c1-11(2)15(19-16(22)13-7-5-4-6-8-13)18(24)21-20-17(23)14-9-10-25-12(14)3/h9-11,13,15H,4-8H2,1-3H3,(H,19,22)(H,20,23)(H,21,24)/t15-/m0/s1. The maximum absolute atomic E-state index is 12.4. The van der Waals surface area contributed by atoms with Crippen molar-refractivity contribution < 1.29 is 18.8 Å². The maximum atomic E-state index is 12.4. The summed E-state index contributed by atoms with van der Waals surface area (Å²) in [7, 11) is 0. The zero-order valence-corrected chi connectivity index (χ0v) is 15.1. The first-order chi connectivity index (χ1) is 11.9. The summed E-state index contributed by atoms with van der Waals surface area (Å²) in [5.41, 5.74) is 5.11.